The van der Waals surface area contributed by atoms with Gasteiger partial charge in [0.05, 0.1) is 0 Å². The Labute approximate surface area is 144 Å². The van der Waals surface area contributed by atoms with Crippen LogP contribution in [0.4, 0.5) is 11.9 Å². The molecule has 0 saturated carbocycles. The molecule has 1 aliphatic rings. The molecule has 0 aliphatic heterocycles. The maximum absolute atomic E-state index is 10.8. The molecule has 2 heterocycles. The fourth-order valence-corrected chi connectivity index (χ4v) is 2.38. The number of hydrogen-bond acceptors (Lipinski definition) is 10. The Hall–Kier alpha value is -3.52. The minimum Gasteiger partial charge on any atom is -0.390 e. The highest BCUT2D eigenvalue weighted by Crippen LogP contribution is 2.37. The number of methoxy groups -OCH3 is 2. The number of ether oxygens (including phenoxy) is 2. The Bertz CT molecular complexity index is 828. The molecule has 1 aliphatic carbocycles. The average molecular weight is 364 g/mol. The van der Waals surface area contributed by atoms with Crippen LogP contribution in [0.25, 0.3) is 0 Å². The van der Waals surface area contributed by atoms with Crippen LogP contribution in [0.3, 0.4) is 0 Å². The highest BCUT2D eigenvalue weighted by molar-refractivity contribution is 5.37. The largest absolute Gasteiger partial charge is 0.453 e. The molecule has 0 bridgehead atoms. The molecule has 0 saturated heterocycles. The van der Waals surface area contributed by atoms with Gasteiger partial charge < -0.3 is 29.7 Å². The first-order valence-electron chi connectivity index (χ1n) is 7.01. The van der Waals surface area contributed by atoms with Gasteiger partial charge in [-0.2, -0.15) is 0 Å². The van der Waals surface area contributed by atoms with Crippen molar-refractivity contribution in [1.82, 2.24) is 30.4 Å². The number of hydrogen-bond donors (Lipinski definition) is 2. The predicted octanol–water partition coefficient (Wildman–Crippen LogP) is 0.249. The van der Waals surface area contributed by atoms with Crippen LogP contribution in [0.1, 0.15) is 11.6 Å². The number of rotatable bonds is 6. The number of nitro groups is 2. The van der Waals surface area contributed by atoms with Crippen LogP contribution in [0, 0.1) is 20.2 Å². The Kier molecular flexibility index (Phi) is 4.05. The Balaban J connectivity index is 1.98. The number of aromatic amines is 2. The molecule has 0 aromatic carbocycles. The molecule has 2 aromatic heterocycles. The molecule has 0 spiro atoms. The zero-order chi connectivity index (χ0) is 18.9. The van der Waals surface area contributed by atoms with Crippen molar-refractivity contribution in [3.63, 3.8) is 0 Å². The van der Waals surface area contributed by atoms with E-state index in [1.165, 1.54) is 38.5 Å². The van der Waals surface area contributed by atoms with Crippen molar-refractivity contribution in [2.24, 2.45) is 0 Å². The second-order valence-electron chi connectivity index (χ2n) is 5.14. The van der Waals surface area contributed by atoms with Crippen LogP contribution in [0.15, 0.2) is 24.3 Å². The summed E-state index contributed by atoms with van der Waals surface area (Å²) in [5, 5.41) is 33.6. The fourth-order valence-electron chi connectivity index (χ4n) is 2.38. The highest BCUT2D eigenvalue weighted by Gasteiger charge is 2.45. The molecule has 0 atom stereocenters. The standard InChI is InChI=1S/C12H12N8O6/c1-25-11(7-13-9(17-15-7)19(21)22)3-5-12(26-2,6-4-11)8-14-10(18-16-8)20(23)24/h3-6H,1-2H3,(H,13,15,17)(H,14,16,18). The molecular formula is C12H12N8O6. The van der Waals surface area contributed by atoms with Gasteiger partial charge in [-0.05, 0) is 44.1 Å². The first-order valence-corrected chi connectivity index (χ1v) is 7.01. The summed E-state index contributed by atoms with van der Waals surface area (Å²) >= 11 is 0. The minimum absolute atomic E-state index is 0.00451. The topological polar surface area (TPSA) is 188 Å². The van der Waals surface area contributed by atoms with Crippen LogP contribution in [0.5, 0.6) is 0 Å². The second kappa shape index (κ2) is 6.08. The third kappa shape index (κ3) is 2.62. The summed E-state index contributed by atoms with van der Waals surface area (Å²) in [5.74, 6) is -1.06. The van der Waals surface area contributed by atoms with Gasteiger partial charge in [0.25, 0.3) is 11.6 Å². The third-order valence-electron chi connectivity index (χ3n) is 3.82. The van der Waals surface area contributed by atoms with Gasteiger partial charge in [0.2, 0.25) is 0 Å². The van der Waals surface area contributed by atoms with Crippen molar-refractivity contribution in [1.29, 1.82) is 0 Å². The molecular weight excluding hydrogens is 352 g/mol. The van der Waals surface area contributed by atoms with Crippen molar-refractivity contribution < 1.29 is 19.3 Å². The summed E-state index contributed by atoms with van der Waals surface area (Å²) in [5.41, 5.74) is -2.59. The van der Waals surface area contributed by atoms with E-state index in [2.05, 4.69) is 30.4 Å². The van der Waals surface area contributed by atoms with E-state index in [0.29, 0.717) is 0 Å². The lowest BCUT2D eigenvalue weighted by Gasteiger charge is -2.29. The highest BCUT2D eigenvalue weighted by atomic mass is 16.6. The number of nitrogens with zero attached hydrogens (tertiary/aromatic N) is 6. The minimum atomic E-state index is -1.30. The maximum atomic E-state index is 10.8. The van der Waals surface area contributed by atoms with Crippen LogP contribution < -0.4 is 0 Å². The number of aromatic nitrogens is 6. The van der Waals surface area contributed by atoms with E-state index < -0.39 is 32.9 Å². The van der Waals surface area contributed by atoms with Crippen molar-refractivity contribution in [2.75, 3.05) is 14.2 Å². The van der Waals surface area contributed by atoms with Crippen molar-refractivity contribution in [2.45, 2.75) is 11.2 Å². The zero-order valence-corrected chi connectivity index (χ0v) is 13.4. The van der Waals surface area contributed by atoms with E-state index >= 15 is 0 Å². The van der Waals surface area contributed by atoms with Gasteiger partial charge in [-0.3, -0.25) is 0 Å². The van der Waals surface area contributed by atoms with Crippen molar-refractivity contribution in [3.8, 4) is 0 Å². The van der Waals surface area contributed by atoms with Gasteiger partial charge in [0, 0.05) is 14.2 Å². The Morgan fingerprint density at radius 1 is 0.846 bits per heavy atom. The van der Waals surface area contributed by atoms with Crippen molar-refractivity contribution in [3.05, 3.63) is 56.2 Å². The van der Waals surface area contributed by atoms with E-state index in [9.17, 15) is 20.2 Å². The molecule has 0 fully saturated rings. The summed E-state index contributed by atoms with van der Waals surface area (Å²) in [4.78, 5) is 27.7. The summed E-state index contributed by atoms with van der Waals surface area (Å²) in [6, 6.07) is 0. The first-order chi connectivity index (χ1) is 12.4. The lowest BCUT2D eigenvalue weighted by molar-refractivity contribution is -0.394. The van der Waals surface area contributed by atoms with E-state index in [0.717, 1.165) is 0 Å². The van der Waals surface area contributed by atoms with E-state index in [1.54, 1.807) is 0 Å². The van der Waals surface area contributed by atoms with E-state index in [1.807, 2.05) is 0 Å². The zero-order valence-electron chi connectivity index (χ0n) is 13.4. The summed E-state index contributed by atoms with van der Waals surface area (Å²) in [6.07, 6.45) is 5.97. The quantitative estimate of drug-likeness (QED) is 0.408. The summed E-state index contributed by atoms with van der Waals surface area (Å²) in [6.45, 7) is 0. The Morgan fingerprint density at radius 3 is 1.42 bits per heavy atom. The van der Waals surface area contributed by atoms with Gasteiger partial charge in [-0.25, -0.2) is 0 Å². The van der Waals surface area contributed by atoms with Gasteiger partial charge in [0.1, 0.15) is 0 Å². The molecule has 14 nitrogen and oxygen atoms in total. The van der Waals surface area contributed by atoms with Crippen LogP contribution in [-0.2, 0) is 20.7 Å². The molecule has 0 unspecified atom stereocenters. The van der Waals surface area contributed by atoms with E-state index in [4.69, 9.17) is 9.47 Å². The molecule has 3 rings (SSSR count). The number of H-pyrrole nitrogens is 2. The molecule has 0 amide bonds. The fraction of sp³-hybridized carbons (Fsp3) is 0.333. The molecule has 26 heavy (non-hydrogen) atoms. The molecule has 2 aromatic rings. The maximum Gasteiger partial charge on any atom is 0.453 e. The van der Waals surface area contributed by atoms with Gasteiger partial charge in [-0.15, -0.1) is 10.2 Å². The monoisotopic (exact) mass is 364 g/mol. The molecule has 2 N–H and O–H groups in total. The smallest absolute Gasteiger partial charge is 0.390 e. The summed E-state index contributed by atoms with van der Waals surface area (Å²) < 4.78 is 10.8. The molecule has 0 radical (unpaired) electrons. The first kappa shape index (κ1) is 17.3. The van der Waals surface area contributed by atoms with E-state index in [-0.39, 0.29) is 11.6 Å². The Morgan fingerprint density at radius 2 is 1.19 bits per heavy atom. The van der Waals surface area contributed by atoms with Crippen molar-refractivity contribution >= 4 is 11.9 Å². The van der Waals surface area contributed by atoms with Gasteiger partial charge in [0.15, 0.2) is 11.2 Å². The summed E-state index contributed by atoms with van der Waals surface area (Å²) in [7, 11) is 2.74. The normalized spacial score (nSPS) is 24.7. The van der Waals surface area contributed by atoms with Crippen LogP contribution in [-0.4, -0.2) is 54.4 Å². The predicted molar refractivity (Wildman–Crippen MR) is 81.7 cm³/mol. The van der Waals surface area contributed by atoms with Crippen LogP contribution >= 0.6 is 0 Å². The average Bonchev–Trinajstić information content (AvgIpc) is 3.32. The second-order valence-corrected chi connectivity index (χ2v) is 5.14. The lowest BCUT2D eigenvalue weighted by Crippen LogP contribution is -2.34. The third-order valence-corrected chi connectivity index (χ3v) is 3.82. The van der Waals surface area contributed by atoms with Crippen LogP contribution in [0.2, 0.25) is 0 Å². The lowest BCUT2D eigenvalue weighted by atomic mass is 9.88. The molecule has 136 valence electrons. The van der Waals surface area contributed by atoms with Gasteiger partial charge >= 0.3 is 11.9 Å². The van der Waals surface area contributed by atoms with Gasteiger partial charge in [-0.1, -0.05) is 10.2 Å². The SMILES string of the molecule is COC1(c2n[nH]c([N+](=O)[O-])n2)C=CC(OC)(c2n[nH]c([N+](=O)[O-])n2)C=C1. The number of nitrogens with one attached hydrogen (secondary N) is 2. The molecule has 14 heteroatoms.